The maximum atomic E-state index is 13.4. The number of hydrogen-bond acceptors (Lipinski definition) is 4. The highest BCUT2D eigenvalue weighted by Crippen LogP contribution is 2.20. The lowest BCUT2D eigenvalue weighted by molar-refractivity contribution is -0.387. The van der Waals surface area contributed by atoms with E-state index in [0.717, 1.165) is 12.1 Å². The van der Waals surface area contributed by atoms with Crippen LogP contribution in [0.5, 0.6) is 5.75 Å². The van der Waals surface area contributed by atoms with Crippen LogP contribution >= 0.6 is 0 Å². The van der Waals surface area contributed by atoms with Gasteiger partial charge in [-0.05, 0) is 35.9 Å². The van der Waals surface area contributed by atoms with E-state index in [-0.39, 0.29) is 6.61 Å². The summed E-state index contributed by atoms with van der Waals surface area (Å²) in [5, 5.41) is 19.2. The van der Waals surface area contributed by atoms with E-state index in [1.165, 1.54) is 6.07 Å². The summed E-state index contributed by atoms with van der Waals surface area (Å²) in [6.45, 7) is 0.0593. The van der Waals surface area contributed by atoms with Crippen molar-refractivity contribution in [3.05, 3.63) is 69.5 Å². The summed E-state index contributed by atoms with van der Waals surface area (Å²) in [5.74, 6) is -0.426. The number of benzene rings is 2. The van der Waals surface area contributed by atoms with E-state index in [4.69, 9.17) is 10.00 Å². The number of rotatable bonds is 4. The van der Waals surface area contributed by atoms with Crippen LogP contribution in [0.15, 0.2) is 42.5 Å². The van der Waals surface area contributed by atoms with Gasteiger partial charge in [-0.3, -0.25) is 10.1 Å². The van der Waals surface area contributed by atoms with E-state index < -0.39 is 16.4 Å². The molecule has 20 heavy (non-hydrogen) atoms. The van der Waals surface area contributed by atoms with Crippen molar-refractivity contribution in [1.29, 1.82) is 5.26 Å². The Morgan fingerprint density at radius 2 is 2.10 bits per heavy atom. The van der Waals surface area contributed by atoms with E-state index >= 15 is 0 Å². The standard InChI is InChI=1S/C14H9FN2O3/c15-13-7-11(4-5-14(13)17(18)19)9-20-12-3-1-2-10(6-12)8-16/h1-7H,9H2. The van der Waals surface area contributed by atoms with Crippen molar-refractivity contribution in [3.8, 4) is 11.8 Å². The smallest absolute Gasteiger partial charge is 0.304 e. The Kier molecular flexibility index (Phi) is 3.91. The second kappa shape index (κ2) is 5.80. The third kappa shape index (κ3) is 3.09. The number of hydrogen-bond donors (Lipinski definition) is 0. The lowest BCUT2D eigenvalue weighted by Crippen LogP contribution is -1.98. The van der Waals surface area contributed by atoms with Gasteiger partial charge in [0.25, 0.3) is 0 Å². The van der Waals surface area contributed by atoms with E-state index in [1.807, 2.05) is 6.07 Å². The lowest BCUT2D eigenvalue weighted by atomic mass is 10.2. The molecule has 0 spiro atoms. The molecule has 0 heterocycles. The molecule has 0 aliphatic carbocycles. The summed E-state index contributed by atoms with van der Waals surface area (Å²) in [4.78, 5) is 9.71. The van der Waals surface area contributed by atoms with Gasteiger partial charge in [0.2, 0.25) is 5.82 Å². The highest BCUT2D eigenvalue weighted by atomic mass is 19.1. The van der Waals surface area contributed by atoms with Crippen molar-refractivity contribution in [3.63, 3.8) is 0 Å². The Hall–Kier alpha value is -2.94. The molecule has 0 aliphatic rings. The van der Waals surface area contributed by atoms with Gasteiger partial charge in [-0.1, -0.05) is 6.07 Å². The van der Waals surface area contributed by atoms with Crippen molar-refractivity contribution in [1.82, 2.24) is 0 Å². The number of nitro benzene ring substituents is 1. The fourth-order valence-corrected chi connectivity index (χ4v) is 1.61. The van der Waals surface area contributed by atoms with Gasteiger partial charge in [-0.2, -0.15) is 9.65 Å². The molecule has 2 rings (SSSR count). The Morgan fingerprint density at radius 1 is 1.30 bits per heavy atom. The SMILES string of the molecule is N#Cc1cccc(OCc2ccc([N+](=O)[O-])c(F)c2)c1. The van der Waals surface area contributed by atoms with Crippen LogP contribution in [-0.4, -0.2) is 4.92 Å². The zero-order chi connectivity index (χ0) is 14.5. The first-order chi connectivity index (χ1) is 9.60. The molecule has 0 aromatic heterocycles. The number of ether oxygens (including phenoxy) is 1. The number of halogens is 1. The number of nitro groups is 1. The largest absolute Gasteiger partial charge is 0.489 e. The van der Waals surface area contributed by atoms with Gasteiger partial charge in [0.1, 0.15) is 12.4 Å². The second-order valence-electron chi connectivity index (χ2n) is 3.97. The van der Waals surface area contributed by atoms with Crippen molar-refractivity contribution < 1.29 is 14.1 Å². The highest BCUT2D eigenvalue weighted by Gasteiger charge is 2.13. The van der Waals surface area contributed by atoms with Crippen molar-refractivity contribution in [2.24, 2.45) is 0 Å². The summed E-state index contributed by atoms with van der Waals surface area (Å²) < 4.78 is 18.8. The zero-order valence-electron chi connectivity index (χ0n) is 10.2. The Bertz CT molecular complexity index is 695. The quantitative estimate of drug-likeness (QED) is 0.632. The van der Waals surface area contributed by atoms with Crippen molar-refractivity contribution >= 4 is 5.69 Å². The van der Waals surface area contributed by atoms with Gasteiger partial charge in [0, 0.05) is 6.07 Å². The van der Waals surface area contributed by atoms with Gasteiger partial charge >= 0.3 is 5.69 Å². The van der Waals surface area contributed by atoms with Crippen LogP contribution in [0.2, 0.25) is 0 Å². The summed E-state index contributed by atoms with van der Waals surface area (Å²) in [6, 6.07) is 12.1. The summed E-state index contributed by atoms with van der Waals surface area (Å²) in [6.07, 6.45) is 0. The molecule has 100 valence electrons. The van der Waals surface area contributed by atoms with E-state index in [9.17, 15) is 14.5 Å². The van der Waals surface area contributed by atoms with Gasteiger partial charge in [-0.15, -0.1) is 0 Å². The van der Waals surface area contributed by atoms with Crippen molar-refractivity contribution in [2.75, 3.05) is 0 Å². The summed E-state index contributed by atoms with van der Waals surface area (Å²) in [5.41, 5.74) is 0.355. The first-order valence-electron chi connectivity index (χ1n) is 5.66. The third-order valence-electron chi connectivity index (χ3n) is 2.58. The molecule has 0 N–H and O–H groups in total. The monoisotopic (exact) mass is 272 g/mol. The minimum Gasteiger partial charge on any atom is -0.489 e. The van der Waals surface area contributed by atoms with E-state index in [2.05, 4.69) is 0 Å². The molecule has 0 saturated heterocycles. The molecular formula is C14H9FN2O3. The normalized spacial score (nSPS) is 9.80. The Labute approximate surface area is 114 Å². The fourth-order valence-electron chi connectivity index (χ4n) is 1.61. The second-order valence-corrected chi connectivity index (χ2v) is 3.97. The minimum atomic E-state index is -0.901. The van der Waals surface area contributed by atoms with Gasteiger partial charge in [0.15, 0.2) is 0 Å². The molecule has 0 saturated carbocycles. The Balaban J connectivity index is 2.09. The fraction of sp³-hybridized carbons (Fsp3) is 0.0714. The molecule has 0 aliphatic heterocycles. The molecule has 0 unspecified atom stereocenters. The molecule has 2 aromatic carbocycles. The van der Waals surface area contributed by atoms with Crippen LogP contribution in [-0.2, 0) is 6.61 Å². The molecule has 2 aromatic rings. The third-order valence-corrected chi connectivity index (χ3v) is 2.58. The molecule has 6 heteroatoms. The number of nitrogens with zero attached hydrogens (tertiary/aromatic N) is 2. The molecule has 0 bridgehead atoms. The average molecular weight is 272 g/mol. The molecule has 0 atom stereocenters. The topological polar surface area (TPSA) is 76.2 Å². The first-order valence-corrected chi connectivity index (χ1v) is 5.66. The van der Waals surface area contributed by atoms with Gasteiger partial charge in [-0.25, -0.2) is 0 Å². The maximum absolute atomic E-state index is 13.4. The number of nitriles is 1. The maximum Gasteiger partial charge on any atom is 0.304 e. The molecule has 0 amide bonds. The Morgan fingerprint density at radius 3 is 2.75 bits per heavy atom. The lowest BCUT2D eigenvalue weighted by Gasteiger charge is -2.06. The van der Waals surface area contributed by atoms with Crippen molar-refractivity contribution in [2.45, 2.75) is 6.61 Å². The van der Waals surface area contributed by atoms with Gasteiger partial charge in [0.05, 0.1) is 16.6 Å². The van der Waals surface area contributed by atoms with Crippen LogP contribution in [0.1, 0.15) is 11.1 Å². The van der Waals surface area contributed by atoms with E-state index in [0.29, 0.717) is 16.9 Å². The molecule has 5 nitrogen and oxygen atoms in total. The summed E-state index contributed by atoms with van der Waals surface area (Å²) >= 11 is 0. The van der Waals surface area contributed by atoms with Crippen LogP contribution in [0, 0.1) is 27.3 Å². The highest BCUT2D eigenvalue weighted by molar-refractivity contribution is 5.37. The average Bonchev–Trinajstić information content (AvgIpc) is 2.45. The molecular weight excluding hydrogens is 263 g/mol. The van der Waals surface area contributed by atoms with E-state index in [1.54, 1.807) is 24.3 Å². The minimum absolute atomic E-state index is 0.0593. The van der Waals surface area contributed by atoms with Crippen LogP contribution in [0.3, 0.4) is 0 Å². The van der Waals surface area contributed by atoms with Crippen LogP contribution in [0.25, 0.3) is 0 Å². The summed E-state index contributed by atoms with van der Waals surface area (Å²) in [7, 11) is 0. The molecule has 0 radical (unpaired) electrons. The van der Waals surface area contributed by atoms with Crippen LogP contribution < -0.4 is 4.74 Å². The predicted octanol–water partition coefficient (Wildman–Crippen LogP) is 3.18. The first kappa shape index (κ1) is 13.5. The predicted molar refractivity (Wildman–Crippen MR) is 68.5 cm³/mol. The zero-order valence-corrected chi connectivity index (χ0v) is 10.2. The van der Waals surface area contributed by atoms with Crippen LogP contribution in [0.4, 0.5) is 10.1 Å². The molecule has 0 fully saturated rings. The van der Waals surface area contributed by atoms with Gasteiger partial charge < -0.3 is 4.74 Å².